The van der Waals surface area contributed by atoms with Gasteiger partial charge in [0.05, 0.1) is 13.2 Å². The van der Waals surface area contributed by atoms with Crippen molar-refractivity contribution in [3.8, 4) is 0 Å². The van der Waals surface area contributed by atoms with E-state index in [1.165, 1.54) is 12.8 Å². The first kappa shape index (κ1) is 20.4. The number of nitrogens with zero attached hydrogens (tertiary/aromatic N) is 2. The van der Waals surface area contributed by atoms with Crippen LogP contribution < -0.4 is 11.1 Å². The zero-order valence-electron chi connectivity index (χ0n) is 14.8. The lowest BCUT2D eigenvalue weighted by Gasteiger charge is -2.34. The number of aromatic nitrogens is 1. The fraction of sp³-hybridized carbons (Fsp3) is 0.667. The van der Waals surface area contributed by atoms with E-state index in [9.17, 15) is 0 Å². The Bertz CT molecular complexity index is 547. The van der Waals surface area contributed by atoms with Crippen molar-refractivity contribution in [2.75, 3.05) is 19.7 Å². The molecule has 0 radical (unpaired) electrons. The average Bonchev–Trinajstić information content (AvgIpc) is 3.00. The quantitative estimate of drug-likeness (QED) is 0.401. The number of hydrogen-bond donors (Lipinski definition) is 2. The first-order chi connectivity index (χ1) is 11.7. The second-order valence-corrected chi connectivity index (χ2v) is 6.87. The number of nitrogens with one attached hydrogen (secondary N) is 1. The van der Waals surface area contributed by atoms with Crippen LogP contribution in [-0.2, 0) is 15.9 Å². The molecule has 0 bridgehead atoms. The monoisotopic (exact) mass is 460 g/mol. The zero-order valence-corrected chi connectivity index (χ0v) is 17.1. The smallest absolute Gasteiger partial charge is 0.188 e. The summed E-state index contributed by atoms with van der Waals surface area (Å²) in [5.74, 6) is 0.875. The van der Waals surface area contributed by atoms with E-state index in [0.29, 0.717) is 19.1 Å². The molecule has 2 aliphatic rings. The van der Waals surface area contributed by atoms with Crippen molar-refractivity contribution < 1.29 is 9.47 Å². The predicted octanol–water partition coefficient (Wildman–Crippen LogP) is 2.47. The maximum absolute atomic E-state index is 6.14. The third-order valence-corrected chi connectivity index (χ3v) is 4.83. The van der Waals surface area contributed by atoms with Gasteiger partial charge in [-0.15, -0.1) is 24.0 Å². The number of halogens is 1. The molecule has 0 amide bonds. The highest BCUT2D eigenvalue weighted by molar-refractivity contribution is 14.0. The Balaban J connectivity index is 0.00000225. The standard InChI is InChI=1S/C18H28N4O2.HI/c1-14-5-8-18(9-6-14)23-13-16(24-18)12-22-17(19)21-11-7-15-4-2-3-10-20-15;/h2-4,10,14,16H,5-9,11-13H2,1H3,(H3,19,21,22);1H. The van der Waals surface area contributed by atoms with E-state index < -0.39 is 0 Å². The Morgan fingerprint density at radius 1 is 1.40 bits per heavy atom. The number of ether oxygens (including phenoxy) is 2. The van der Waals surface area contributed by atoms with Gasteiger partial charge in [-0.25, -0.2) is 0 Å². The molecule has 1 atom stereocenters. The number of aliphatic imine (C=N–C) groups is 1. The van der Waals surface area contributed by atoms with E-state index in [4.69, 9.17) is 15.2 Å². The van der Waals surface area contributed by atoms with Gasteiger partial charge in [-0.05, 0) is 30.9 Å². The van der Waals surface area contributed by atoms with Crippen LogP contribution in [0.5, 0.6) is 0 Å². The van der Waals surface area contributed by atoms with Crippen molar-refractivity contribution in [1.29, 1.82) is 0 Å². The number of rotatable bonds is 5. The van der Waals surface area contributed by atoms with E-state index in [2.05, 4.69) is 22.2 Å². The third-order valence-electron chi connectivity index (χ3n) is 4.83. The Morgan fingerprint density at radius 3 is 2.92 bits per heavy atom. The Labute approximate surface area is 167 Å². The summed E-state index contributed by atoms with van der Waals surface area (Å²) in [7, 11) is 0. The first-order valence-electron chi connectivity index (χ1n) is 8.91. The van der Waals surface area contributed by atoms with Crippen molar-refractivity contribution in [1.82, 2.24) is 10.3 Å². The summed E-state index contributed by atoms with van der Waals surface area (Å²) in [6, 6.07) is 5.90. The van der Waals surface area contributed by atoms with Crippen LogP contribution in [0.1, 0.15) is 38.3 Å². The van der Waals surface area contributed by atoms with Crippen molar-refractivity contribution in [3.63, 3.8) is 0 Å². The SMILES string of the molecule is CC1CCC2(CC1)OCC(CN=C(N)NCCc1ccccn1)O2.I. The molecule has 1 saturated heterocycles. The minimum atomic E-state index is -0.353. The molecule has 3 rings (SSSR count). The molecule has 1 aliphatic carbocycles. The highest BCUT2D eigenvalue weighted by Gasteiger charge is 2.43. The molecule has 0 aromatic carbocycles. The largest absolute Gasteiger partial charge is 0.370 e. The zero-order chi connectivity index (χ0) is 16.8. The molecular weight excluding hydrogens is 431 g/mol. The molecule has 1 spiro atoms. The molecule has 1 aliphatic heterocycles. The van der Waals surface area contributed by atoms with Crippen molar-refractivity contribution >= 4 is 29.9 Å². The molecule has 3 N–H and O–H groups in total. The van der Waals surface area contributed by atoms with Crippen LogP contribution >= 0.6 is 24.0 Å². The number of nitrogens with two attached hydrogens (primary N) is 1. The summed E-state index contributed by atoms with van der Waals surface area (Å²) in [6.07, 6.45) is 6.96. The Morgan fingerprint density at radius 2 is 2.20 bits per heavy atom. The van der Waals surface area contributed by atoms with Gasteiger partial charge in [0.15, 0.2) is 11.7 Å². The predicted molar refractivity (Wildman–Crippen MR) is 109 cm³/mol. The van der Waals surface area contributed by atoms with E-state index in [0.717, 1.165) is 37.4 Å². The summed E-state index contributed by atoms with van der Waals surface area (Å²) in [4.78, 5) is 8.67. The molecule has 6 nitrogen and oxygen atoms in total. The first-order valence-corrected chi connectivity index (χ1v) is 8.91. The van der Waals surface area contributed by atoms with E-state index in [1.807, 2.05) is 18.2 Å². The lowest BCUT2D eigenvalue weighted by atomic mass is 9.86. The van der Waals surface area contributed by atoms with Gasteiger partial charge in [0, 0.05) is 37.7 Å². The summed E-state index contributed by atoms with van der Waals surface area (Å²) >= 11 is 0. The van der Waals surface area contributed by atoms with E-state index in [-0.39, 0.29) is 35.9 Å². The van der Waals surface area contributed by atoms with E-state index >= 15 is 0 Å². The van der Waals surface area contributed by atoms with Crippen molar-refractivity contribution in [2.45, 2.75) is 50.9 Å². The molecular formula is C18H29IN4O2. The maximum Gasteiger partial charge on any atom is 0.188 e. The highest BCUT2D eigenvalue weighted by Crippen LogP contribution is 2.39. The minimum absolute atomic E-state index is 0. The molecule has 1 unspecified atom stereocenters. The second kappa shape index (κ2) is 9.68. The maximum atomic E-state index is 6.14. The van der Waals surface area contributed by atoms with Crippen LogP contribution in [0.3, 0.4) is 0 Å². The fourth-order valence-corrected chi connectivity index (χ4v) is 3.29. The van der Waals surface area contributed by atoms with E-state index in [1.54, 1.807) is 6.20 Å². The normalized spacial score (nSPS) is 29.4. The van der Waals surface area contributed by atoms with Gasteiger partial charge in [-0.1, -0.05) is 13.0 Å². The van der Waals surface area contributed by atoms with Crippen LogP contribution in [0.4, 0.5) is 0 Å². The van der Waals surface area contributed by atoms with Gasteiger partial charge in [0.2, 0.25) is 0 Å². The van der Waals surface area contributed by atoms with Crippen LogP contribution in [0, 0.1) is 5.92 Å². The highest BCUT2D eigenvalue weighted by atomic mass is 127. The average molecular weight is 460 g/mol. The number of hydrogen-bond acceptors (Lipinski definition) is 4. The van der Waals surface area contributed by atoms with Crippen LogP contribution in [0.2, 0.25) is 0 Å². The summed E-state index contributed by atoms with van der Waals surface area (Å²) in [6.45, 7) is 4.16. The number of pyridine rings is 1. The Hall–Kier alpha value is -0.930. The minimum Gasteiger partial charge on any atom is -0.370 e. The Kier molecular flexibility index (Phi) is 7.89. The molecule has 1 aromatic rings. The summed E-state index contributed by atoms with van der Waals surface area (Å²) in [5.41, 5.74) is 6.97. The van der Waals surface area contributed by atoms with Gasteiger partial charge < -0.3 is 20.5 Å². The molecule has 25 heavy (non-hydrogen) atoms. The summed E-state index contributed by atoms with van der Waals surface area (Å²) in [5, 5.41) is 3.12. The lowest BCUT2D eigenvalue weighted by molar-refractivity contribution is -0.190. The molecule has 7 heteroatoms. The van der Waals surface area contributed by atoms with Gasteiger partial charge in [-0.3, -0.25) is 9.98 Å². The lowest BCUT2D eigenvalue weighted by Crippen LogP contribution is -2.36. The number of guanidine groups is 1. The van der Waals surface area contributed by atoms with Gasteiger partial charge >= 0.3 is 0 Å². The van der Waals surface area contributed by atoms with Crippen LogP contribution in [-0.4, -0.2) is 42.5 Å². The van der Waals surface area contributed by atoms with Gasteiger partial charge in [-0.2, -0.15) is 0 Å². The molecule has 140 valence electrons. The molecule has 2 fully saturated rings. The van der Waals surface area contributed by atoms with Crippen molar-refractivity contribution in [3.05, 3.63) is 30.1 Å². The molecule has 1 saturated carbocycles. The fourth-order valence-electron chi connectivity index (χ4n) is 3.29. The van der Waals surface area contributed by atoms with Crippen LogP contribution in [0.15, 0.2) is 29.4 Å². The van der Waals surface area contributed by atoms with Crippen LogP contribution in [0.25, 0.3) is 0 Å². The summed E-state index contributed by atoms with van der Waals surface area (Å²) < 4.78 is 12.1. The van der Waals surface area contributed by atoms with Crippen molar-refractivity contribution in [2.24, 2.45) is 16.6 Å². The van der Waals surface area contributed by atoms with Gasteiger partial charge in [0.1, 0.15) is 6.10 Å². The van der Waals surface area contributed by atoms with Gasteiger partial charge in [0.25, 0.3) is 0 Å². The molecule has 1 aromatic heterocycles. The topological polar surface area (TPSA) is 81.8 Å². The molecule has 2 heterocycles. The third kappa shape index (κ3) is 6.07. The second-order valence-electron chi connectivity index (χ2n) is 6.87.